The van der Waals surface area contributed by atoms with Crippen LogP contribution in [0.3, 0.4) is 0 Å². The summed E-state index contributed by atoms with van der Waals surface area (Å²) in [7, 11) is 1.64. The SMILES string of the molecule is C=C(C)C(=O)OC1(C)CCC(OC)CCC1C(=O)CO. The molecule has 0 saturated heterocycles. The van der Waals surface area contributed by atoms with E-state index in [4.69, 9.17) is 14.6 Å². The number of ketones is 1. The number of esters is 1. The first-order valence-electron chi connectivity index (χ1n) is 6.89. The largest absolute Gasteiger partial charge is 0.455 e. The third-order valence-electron chi connectivity index (χ3n) is 4.03. The molecule has 1 aliphatic rings. The van der Waals surface area contributed by atoms with Gasteiger partial charge in [0.25, 0.3) is 0 Å². The molecule has 20 heavy (non-hydrogen) atoms. The van der Waals surface area contributed by atoms with Gasteiger partial charge in [-0.2, -0.15) is 0 Å². The van der Waals surface area contributed by atoms with Gasteiger partial charge in [0.15, 0.2) is 5.78 Å². The van der Waals surface area contributed by atoms with E-state index in [0.717, 1.165) is 0 Å². The number of aliphatic hydroxyl groups is 1. The maximum Gasteiger partial charge on any atom is 0.333 e. The van der Waals surface area contributed by atoms with Crippen LogP contribution >= 0.6 is 0 Å². The Morgan fingerprint density at radius 2 is 2.00 bits per heavy atom. The molecular weight excluding hydrogens is 260 g/mol. The molecule has 5 nitrogen and oxygen atoms in total. The van der Waals surface area contributed by atoms with Crippen molar-refractivity contribution in [3.8, 4) is 0 Å². The molecule has 1 N–H and O–H groups in total. The van der Waals surface area contributed by atoms with Gasteiger partial charge in [-0.1, -0.05) is 6.58 Å². The van der Waals surface area contributed by atoms with Crippen molar-refractivity contribution in [1.82, 2.24) is 0 Å². The number of Topliss-reactive ketones (excluding diaryl/α,β-unsaturated/α-hetero) is 1. The van der Waals surface area contributed by atoms with E-state index in [9.17, 15) is 9.59 Å². The first kappa shape index (κ1) is 16.9. The number of ether oxygens (including phenoxy) is 2. The van der Waals surface area contributed by atoms with Crippen LogP contribution in [0.4, 0.5) is 0 Å². The summed E-state index contributed by atoms with van der Waals surface area (Å²) in [5.74, 6) is -1.30. The van der Waals surface area contributed by atoms with Crippen molar-refractivity contribution in [2.75, 3.05) is 13.7 Å². The van der Waals surface area contributed by atoms with E-state index >= 15 is 0 Å². The summed E-state index contributed by atoms with van der Waals surface area (Å²) in [6, 6.07) is 0. The monoisotopic (exact) mass is 284 g/mol. The molecule has 0 aromatic rings. The highest BCUT2D eigenvalue weighted by Crippen LogP contribution is 2.37. The molecule has 1 saturated carbocycles. The number of carbonyl (C=O) groups excluding carboxylic acids is 2. The van der Waals surface area contributed by atoms with Gasteiger partial charge in [-0.15, -0.1) is 0 Å². The normalized spacial score (nSPS) is 30.4. The molecule has 0 aromatic carbocycles. The molecule has 114 valence electrons. The number of aliphatic hydroxyl groups excluding tert-OH is 1. The summed E-state index contributed by atoms with van der Waals surface area (Å²) in [4.78, 5) is 23.8. The fourth-order valence-electron chi connectivity index (χ4n) is 2.69. The Labute approximate surface area is 119 Å². The van der Waals surface area contributed by atoms with Crippen molar-refractivity contribution >= 4 is 11.8 Å². The number of methoxy groups -OCH3 is 1. The number of rotatable bonds is 5. The van der Waals surface area contributed by atoms with Crippen molar-refractivity contribution < 1.29 is 24.2 Å². The van der Waals surface area contributed by atoms with Crippen LogP contribution in [0.25, 0.3) is 0 Å². The topological polar surface area (TPSA) is 72.8 Å². The molecule has 0 amide bonds. The third-order valence-corrected chi connectivity index (χ3v) is 4.03. The number of hydrogen-bond acceptors (Lipinski definition) is 5. The Bertz CT molecular complexity index is 390. The summed E-state index contributed by atoms with van der Waals surface area (Å²) < 4.78 is 10.9. The molecule has 3 atom stereocenters. The Morgan fingerprint density at radius 1 is 1.35 bits per heavy atom. The van der Waals surface area contributed by atoms with E-state index in [1.165, 1.54) is 0 Å². The third kappa shape index (κ3) is 3.90. The van der Waals surface area contributed by atoms with Gasteiger partial charge in [-0.05, 0) is 39.5 Å². The van der Waals surface area contributed by atoms with E-state index in [1.807, 2.05) is 0 Å². The minimum absolute atomic E-state index is 0.0503. The van der Waals surface area contributed by atoms with Crippen LogP contribution in [-0.2, 0) is 19.1 Å². The van der Waals surface area contributed by atoms with Gasteiger partial charge < -0.3 is 14.6 Å². The lowest BCUT2D eigenvalue weighted by atomic mass is 9.81. The van der Waals surface area contributed by atoms with Crippen LogP contribution < -0.4 is 0 Å². The maximum atomic E-state index is 12.0. The van der Waals surface area contributed by atoms with Gasteiger partial charge in [-0.25, -0.2) is 4.79 Å². The first-order valence-corrected chi connectivity index (χ1v) is 6.89. The van der Waals surface area contributed by atoms with Crippen LogP contribution in [0.1, 0.15) is 39.5 Å². The van der Waals surface area contributed by atoms with Gasteiger partial charge in [0.05, 0.1) is 12.0 Å². The lowest BCUT2D eigenvalue weighted by Crippen LogP contribution is -2.44. The Hall–Kier alpha value is -1.20. The summed E-state index contributed by atoms with van der Waals surface area (Å²) in [5, 5.41) is 9.14. The predicted molar refractivity (Wildman–Crippen MR) is 74.2 cm³/mol. The summed E-state index contributed by atoms with van der Waals surface area (Å²) >= 11 is 0. The molecule has 0 bridgehead atoms. The minimum Gasteiger partial charge on any atom is -0.455 e. The number of carbonyl (C=O) groups is 2. The minimum atomic E-state index is -0.914. The van der Waals surface area contributed by atoms with E-state index in [1.54, 1.807) is 21.0 Å². The van der Waals surface area contributed by atoms with Gasteiger partial charge in [0.1, 0.15) is 12.2 Å². The second-order valence-electron chi connectivity index (χ2n) is 5.63. The molecule has 5 heteroatoms. The zero-order valence-electron chi connectivity index (χ0n) is 12.5. The van der Waals surface area contributed by atoms with Crippen LogP contribution in [0, 0.1) is 5.92 Å². The van der Waals surface area contributed by atoms with Gasteiger partial charge >= 0.3 is 5.97 Å². The molecule has 1 aliphatic carbocycles. The first-order chi connectivity index (χ1) is 9.34. The van der Waals surface area contributed by atoms with Crippen LogP contribution in [0.2, 0.25) is 0 Å². The van der Waals surface area contributed by atoms with E-state index < -0.39 is 24.1 Å². The average molecular weight is 284 g/mol. The molecule has 3 unspecified atom stereocenters. The van der Waals surface area contributed by atoms with Crippen molar-refractivity contribution in [3.05, 3.63) is 12.2 Å². The van der Waals surface area contributed by atoms with Crippen LogP contribution in [-0.4, -0.2) is 42.3 Å². The fraction of sp³-hybridized carbons (Fsp3) is 0.733. The van der Waals surface area contributed by atoms with E-state index in [2.05, 4.69) is 6.58 Å². The molecule has 1 fully saturated rings. The highest BCUT2D eigenvalue weighted by atomic mass is 16.6. The van der Waals surface area contributed by atoms with Gasteiger partial charge in [0, 0.05) is 12.7 Å². The Balaban J connectivity index is 2.97. The van der Waals surface area contributed by atoms with E-state index in [-0.39, 0.29) is 11.9 Å². The molecule has 0 heterocycles. The molecule has 1 rings (SSSR count). The molecule has 0 spiro atoms. The summed E-state index contributed by atoms with van der Waals surface area (Å²) in [6.07, 6.45) is 2.55. The van der Waals surface area contributed by atoms with Gasteiger partial charge in [0.2, 0.25) is 0 Å². The number of hydrogen-bond donors (Lipinski definition) is 1. The lowest BCUT2D eigenvalue weighted by molar-refractivity contribution is -0.163. The Kier molecular flexibility index (Phi) is 5.89. The van der Waals surface area contributed by atoms with Gasteiger partial charge in [-0.3, -0.25) is 4.79 Å². The Morgan fingerprint density at radius 3 is 2.50 bits per heavy atom. The second-order valence-corrected chi connectivity index (χ2v) is 5.63. The standard InChI is InChI=1S/C15H24O5/c1-10(2)14(18)20-15(3)8-7-11(19-4)5-6-12(15)13(17)9-16/h11-12,16H,1,5-9H2,2-4H3. The second kappa shape index (κ2) is 6.99. The molecule has 0 aromatic heterocycles. The van der Waals surface area contributed by atoms with Crippen LogP contribution in [0.5, 0.6) is 0 Å². The molecular formula is C15H24O5. The van der Waals surface area contributed by atoms with Crippen LogP contribution in [0.15, 0.2) is 12.2 Å². The quantitative estimate of drug-likeness (QED) is 0.472. The smallest absolute Gasteiger partial charge is 0.333 e. The van der Waals surface area contributed by atoms with Crippen molar-refractivity contribution in [1.29, 1.82) is 0 Å². The molecule has 0 radical (unpaired) electrons. The lowest BCUT2D eigenvalue weighted by Gasteiger charge is -2.34. The zero-order chi connectivity index (χ0) is 15.3. The average Bonchev–Trinajstić information content (AvgIpc) is 2.57. The summed E-state index contributed by atoms with van der Waals surface area (Å²) in [5.41, 5.74) is -0.614. The van der Waals surface area contributed by atoms with Crippen molar-refractivity contribution in [2.45, 2.75) is 51.2 Å². The predicted octanol–water partition coefficient (Wildman–Crippen LogP) is 1.63. The molecule has 0 aliphatic heterocycles. The highest BCUT2D eigenvalue weighted by Gasteiger charge is 2.44. The van der Waals surface area contributed by atoms with Crippen molar-refractivity contribution in [2.24, 2.45) is 5.92 Å². The van der Waals surface area contributed by atoms with E-state index in [0.29, 0.717) is 31.3 Å². The maximum absolute atomic E-state index is 12.0. The summed E-state index contributed by atoms with van der Waals surface area (Å²) in [6.45, 7) is 6.35. The fourth-order valence-corrected chi connectivity index (χ4v) is 2.69. The highest BCUT2D eigenvalue weighted by molar-refractivity contribution is 5.88. The van der Waals surface area contributed by atoms with Crippen molar-refractivity contribution in [3.63, 3.8) is 0 Å². The zero-order valence-corrected chi connectivity index (χ0v) is 12.5.